The molecule has 0 saturated carbocycles. The normalized spacial score (nSPS) is 10.7. The zero-order chi connectivity index (χ0) is 20.2. The zero-order valence-electron chi connectivity index (χ0n) is 15.2. The van der Waals surface area contributed by atoms with E-state index in [2.05, 4.69) is 20.6 Å². The number of halogens is 2. The minimum Gasteiger partial charge on any atom is -0.340 e. The van der Waals surface area contributed by atoms with Crippen LogP contribution in [0.15, 0.2) is 73.1 Å². The summed E-state index contributed by atoms with van der Waals surface area (Å²) < 4.78 is 13.1. The third-order valence-electron chi connectivity index (χ3n) is 4.30. The van der Waals surface area contributed by atoms with Crippen molar-refractivity contribution in [3.8, 4) is 0 Å². The summed E-state index contributed by atoms with van der Waals surface area (Å²) in [6.45, 7) is 0. The van der Waals surface area contributed by atoms with Crippen LogP contribution in [0, 0.1) is 5.82 Å². The molecule has 4 rings (SSSR count). The molecule has 0 radical (unpaired) electrons. The van der Waals surface area contributed by atoms with Crippen molar-refractivity contribution in [2.45, 2.75) is 6.42 Å². The summed E-state index contributed by atoms with van der Waals surface area (Å²) in [5.74, 6) is 0.112. The molecule has 0 aliphatic heterocycles. The Kier molecular flexibility index (Phi) is 5.35. The van der Waals surface area contributed by atoms with Crippen LogP contribution in [-0.4, -0.2) is 15.9 Å². The van der Waals surface area contributed by atoms with Crippen molar-refractivity contribution < 1.29 is 9.18 Å². The molecule has 0 aliphatic rings. The minimum absolute atomic E-state index is 0.142. The topological polar surface area (TPSA) is 66.9 Å². The van der Waals surface area contributed by atoms with Crippen molar-refractivity contribution >= 4 is 45.6 Å². The molecule has 2 N–H and O–H groups in total. The van der Waals surface area contributed by atoms with Gasteiger partial charge >= 0.3 is 0 Å². The molecule has 144 valence electrons. The number of nitrogens with zero attached hydrogens (tertiary/aromatic N) is 2. The second-order valence-corrected chi connectivity index (χ2v) is 6.87. The SMILES string of the molecule is O=C(Cc1ccc(Cl)cc1)Nc1ccc2ncnc(Nc3ccc(F)cc3)c2c1. The monoisotopic (exact) mass is 406 g/mol. The fourth-order valence-electron chi connectivity index (χ4n) is 2.90. The van der Waals surface area contributed by atoms with Crippen LogP contribution < -0.4 is 10.6 Å². The van der Waals surface area contributed by atoms with Crippen molar-refractivity contribution in [1.29, 1.82) is 0 Å². The number of fused-ring (bicyclic) bond motifs is 1. The molecule has 29 heavy (non-hydrogen) atoms. The summed E-state index contributed by atoms with van der Waals surface area (Å²) in [5, 5.41) is 7.41. The molecule has 0 unspecified atom stereocenters. The molecular formula is C22H16ClFN4O. The smallest absolute Gasteiger partial charge is 0.228 e. The molecular weight excluding hydrogens is 391 g/mol. The Morgan fingerprint density at radius 3 is 2.41 bits per heavy atom. The van der Waals surface area contributed by atoms with E-state index < -0.39 is 0 Å². The highest BCUT2D eigenvalue weighted by Crippen LogP contribution is 2.26. The Hall–Kier alpha value is -3.51. The number of carbonyl (C=O) groups is 1. The van der Waals surface area contributed by atoms with Gasteiger partial charge in [-0.1, -0.05) is 23.7 Å². The molecule has 3 aromatic carbocycles. The number of nitrogens with one attached hydrogen (secondary N) is 2. The molecule has 1 heterocycles. The average molecular weight is 407 g/mol. The van der Waals surface area contributed by atoms with Gasteiger partial charge in [0.15, 0.2) is 0 Å². The van der Waals surface area contributed by atoms with Crippen LogP contribution in [0.5, 0.6) is 0 Å². The maximum Gasteiger partial charge on any atom is 0.228 e. The molecule has 0 fully saturated rings. The molecule has 5 nitrogen and oxygen atoms in total. The summed E-state index contributed by atoms with van der Waals surface area (Å²) in [7, 11) is 0. The zero-order valence-corrected chi connectivity index (χ0v) is 15.9. The van der Waals surface area contributed by atoms with E-state index in [0.29, 0.717) is 22.2 Å². The first-order valence-electron chi connectivity index (χ1n) is 8.88. The summed E-state index contributed by atoms with van der Waals surface area (Å²) in [6, 6.07) is 18.5. The molecule has 0 atom stereocenters. The van der Waals surface area contributed by atoms with Gasteiger partial charge in [-0.25, -0.2) is 14.4 Å². The van der Waals surface area contributed by atoms with E-state index in [4.69, 9.17) is 11.6 Å². The molecule has 4 aromatic rings. The lowest BCUT2D eigenvalue weighted by atomic mass is 10.1. The Balaban J connectivity index is 1.55. The number of aromatic nitrogens is 2. The number of rotatable bonds is 5. The number of hydrogen-bond acceptors (Lipinski definition) is 4. The predicted octanol–water partition coefficient (Wildman–Crippen LogP) is 5.35. The Morgan fingerprint density at radius 1 is 0.931 bits per heavy atom. The van der Waals surface area contributed by atoms with Gasteiger partial charge in [0.1, 0.15) is 18.0 Å². The van der Waals surface area contributed by atoms with Gasteiger partial charge in [-0.05, 0) is 60.2 Å². The van der Waals surface area contributed by atoms with Crippen LogP contribution in [0.3, 0.4) is 0 Å². The number of carbonyl (C=O) groups excluding carboxylic acids is 1. The van der Waals surface area contributed by atoms with Gasteiger partial charge in [0.2, 0.25) is 5.91 Å². The fraction of sp³-hybridized carbons (Fsp3) is 0.0455. The van der Waals surface area contributed by atoms with Crippen molar-refractivity contribution in [2.24, 2.45) is 0 Å². The largest absolute Gasteiger partial charge is 0.340 e. The van der Waals surface area contributed by atoms with Crippen LogP contribution in [0.4, 0.5) is 21.6 Å². The van der Waals surface area contributed by atoms with E-state index in [-0.39, 0.29) is 18.1 Å². The first-order valence-corrected chi connectivity index (χ1v) is 9.26. The second-order valence-electron chi connectivity index (χ2n) is 6.44. The van der Waals surface area contributed by atoms with Gasteiger partial charge in [-0.2, -0.15) is 0 Å². The van der Waals surface area contributed by atoms with Crippen LogP contribution in [0.2, 0.25) is 5.02 Å². The van der Waals surface area contributed by atoms with E-state index in [9.17, 15) is 9.18 Å². The summed E-state index contributed by atoms with van der Waals surface area (Å²) >= 11 is 5.88. The van der Waals surface area contributed by atoms with Crippen molar-refractivity contribution in [3.05, 3.63) is 89.5 Å². The first-order chi connectivity index (χ1) is 14.1. The Bertz CT molecular complexity index is 1160. The van der Waals surface area contributed by atoms with Gasteiger partial charge < -0.3 is 10.6 Å². The minimum atomic E-state index is -0.311. The number of benzene rings is 3. The molecule has 1 amide bonds. The quantitative estimate of drug-likeness (QED) is 0.469. The standard InChI is InChI=1S/C22H16ClFN4O/c23-15-3-1-14(2-4-15)11-21(29)27-18-9-10-20-19(12-18)22(26-13-25-20)28-17-7-5-16(24)6-8-17/h1-10,12-13H,11H2,(H,27,29)(H,25,26,28). The summed E-state index contributed by atoms with van der Waals surface area (Å²) in [6.07, 6.45) is 1.69. The highest BCUT2D eigenvalue weighted by Gasteiger charge is 2.09. The van der Waals surface area contributed by atoms with Crippen molar-refractivity contribution in [2.75, 3.05) is 10.6 Å². The molecule has 7 heteroatoms. The van der Waals surface area contributed by atoms with Gasteiger partial charge in [0.25, 0.3) is 0 Å². The number of hydrogen-bond donors (Lipinski definition) is 2. The van der Waals surface area contributed by atoms with Crippen LogP contribution in [0.1, 0.15) is 5.56 Å². The number of anilines is 3. The van der Waals surface area contributed by atoms with Crippen molar-refractivity contribution in [1.82, 2.24) is 9.97 Å². The molecule has 1 aromatic heterocycles. The lowest BCUT2D eigenvalue weighted by Crippen LogP contribution is -2.14. The average Bonchev–Trinajstić information content (AvgIpc) is 2.72. The van der Waals surface area contributed by atoms with E-state index in [0.717, 1.165) is 16.5 Å². The maximum atomic E-state index is 13.1. The maximum absolute atomic E-state index is 13.1. The Morgan fingerprint density at radius 2 is 1.66 bits per heavy atom. The van der Waals surface area contributed by atoms with Gasteiger partial charge in [0, 0.05) is 21.8 Å². The highest BCUT2D eigenvalue weighted by molar-refractivity contribution is 6.30. The molecule has 0 spiro atoms. The van der Waals surface area contributed by atoms with E-state index in [1.54, 1.807) is 36.4 Å². The van der Waals surface area contributed by atoms with E-state index in [1.165, 1.54) is 18.5 Å². The predicted molar refractivity (Wildman–Crippen MR) is 113 cm³/mol. The van der Waals surface area contributed by atoms with Gasteiger partial charge in [0.05, 0.1) is 11.9 Å². The van der Waals surface area contributed by atoms with Gasteiger partial charge in [-0.3, -0.25) is 4.79 Å². The van der Waals surface area contributed by atoms with E-state index >= 15 is 0 Å². The highest BCUT2D eigenvalue weighted by atomic mass is 35.5. The van der Waals surface area contributed by atoms with Crippen LogP contribution in [0.25, 0.3) is 10.9 Å². The third kappa shape index (κ3) is 4.67. The van der Waals surface area contributed by atoms with E-state index in [1.807, 2.05) is 18.2 Å². The van der Waals surface area contributed by atoms with Gasteiger partial charge in [-0.15, -0.1) is 0 Å². The number of amides is 1. The fourth-order valence-corrected chi connectivity index (χ4v) is 3.02. The Labute approximate surface area is 171 Å². The van der Waals surface area contributed by atoms with Crippen LogP contribution in [-0.2, 0) is 11.2 Å². The lowest BCUT2D eigenvalue weighted by Gasteiger charge is -2.10. The van der Waals surface area contributed by atoms with Crippen molar-refractivity contribution in [3.63, 3.8) is 0 Å². The van der Waals surface area contributed by atoms with Crippen LogP contribution >= 0.6 is 11.6 Å². The first kappa shape index (κ1) is 18.8. The molecule has 0 aliphatic carbocycles. The lowest BCUT2D eigenvalue weighted by molar-refractivity contribution is -0.115. The molecule has 0 saturated heterocycles. The summed E-state index contributed by atoms with van der Waals surface area (Å²) in [5.41, 5.74) is 2.92. The third-order valence-corrected chi connectivity index (χ3v) is 4.56. The summed E-state index contributed by atoms with van der Waals surface area (Å²) in [4.78, 5) is 20.9. The second kappa shape index (κ2) is 8.24. The molecule has 0 bridgehead atoms.